The van der Waals surface area contributed by atoms with Gasteiger partial charge in [-0.2, -0.15) is 5.26 Å². The van der Waals surface area contributed by atoms with Gasteiger partial charge >= 0.3 is 0 Å². The molecule has 0 radical (unpaired) electrons. The van der Waals surface area contributed by atoms with Gasteiger partial charge < -0.3 is 5.32 Å². The summed E-state index contributed by atoms with van der Waals surface area (Å²) in [7, 11) is -3.18. The van der Waals surface area contributed by atoms with Crippen LogP contribution in [-0.2, 0) is 14.8 Å². The van der Waals surface area contributed by atoms with Gasteiger partial charge in [0, 0.05) is 24.7 Å². The van der Waals surface area contributed by atoms with E-state index in [4.69, 9.17) is 5.26 Å². The number of amides is 1. The van der Waals surface area contributed by atoms with Crippen molar-refractivity contribution >= 4 is 21.6 Å². The third-order valence-electron chi connectivity index (χ3n) is 3.55. The summed E-state index contributed by atoms with van der Waals surface area (Å²) in [5.74, 6) is -0.327. The molecular formula is C14H17N3O3S. The Kier molecular flexibility index (Phi) is 4.60. The van der Waals surface area contributed by atoms with E-state index in [1.54, 1.807) is 24.3 Å². The number of carbonyl (C=O) groups is 1. The predicted molar refractivity (Wildman–Crippen MR) is 78.9 cm³/mol. The number of hydrogen-bond acceptors (Lipinski definition) is 4. The Hall–Kier alpha value is -1.91. The number of hydrogen-bond donors (Lipinski definition) is 1. The second-order valence-electron chi connectivity index (χ2n) is 5.12. The molecule has 1 aliphatic rings. The highest BCUT2D eigenvalue weighted by atomic mass is 32.2. The summed E-state index contributed by atoms with van der Waals surface area (Å²) in [6.07, 6.45) is 2.20. The molecule has 0 bridgehead atoms. The van der Waals surface area contributed by atoms with Crippen LogP contribution in [0.3, 0.4) is 0 Å². The van der Waals surface area contributed by atoms with Gasteiger partial charge in [-0.25, -0.2) is 12.7 Å². The number of carbonyl (C=O) groups excluding carboxylic acids is 1. The highest BCUT2D eigenvalue weighted by Crippen LogP contribution is 2.21. The minimum atomic E-state index is -3.18. The molecule has 0 spiro atoms. The number of benzene rings is 1. The lowest BCUT2D eigenvalue weighted by Crippen LogP contribution is -2.40. The first-order valence-corrected chi connectivity index (χ1v) is 8.51. The van der Waals surface area contributed by atoms with E-state index in [9.17, 15) is 13.2 Å². The van der Waals surface area contributed by atoms with Crippen LogP contribution in [0.4, 0.5) is 5.69 Å². The summed E-state index contributed by atoms with van der Waals surface area (Å²) in [4.78, 5) is 12.2. The molecule has 1 saturated heterocycles. The van der Waals surface area contributed by atoms with Crippen molar-refractivity contribution in [3.8, 4) is 6.07 Å². The molecule has 1 N–H and O–H groups in total. The predicted octanol–water partition coefficient (Wildman–Crippen LogP) is 1.17. The van der Waals surface area contributed by atoms with Gasteiger partial charge in [-0.1, -0.05) is 6.07 Å². The van der Waals surface area contributed by atoms with E-state index in [-0.39, 0.29) is 11.8 Å². The lowest BCUT2D eigenvalue weighted by molar-refractivity contribution is -0.120. The lowest BCUT2D eigenvalue weighted by Gasteiger charge is -2.29. The molecule has 0 aliphatic carbocycles. The molecule has 0 saturated carbocycles. The molecule has 21 heavy (non-hydrogen) atoms. The van der Waals surface area contributed by atoms with Gasteiger partial charge in [0.25, 0.3) is 0 Å². The Bertz CT molecular complexity index is 671. The average molecular weight is 307 g/mol. The molecule has 0 aromatic heterocycles. The number of piperidine rings is 1. The molecular weight excluding hydrogens is 290 g/mol. The van der Waals surface area contributed by atoms with Crippen LogP contribution in [0, 0.1) is 17.2 Å². The first-order valence-electron chi connectivity index (χ1n) is 6.66. The fraction of sp³-hybridized carbons (Fsp3) is 0.429. The smallest absolute Gasteiger partial charge is 0.227 e. The molecule has 1 heterocycles. The second-order valence-corrected chi connectivity index (χ2v) is 7.10. The van der Waals surface area contributed by atoms with Crippen LogP contribution < -0.4 is 5.32 Å². The summed E-state index contributed by atoms with van der Waals surface area (Å²) >= 11 is 0. The van der Waals surface area contributed by atoms with Crippen molar-refractivity contribution in [2.75, 3.05) is 24.7 Å². The van der Waals surface area contributed by atoms with Crippen LogP contribution >= 0.6 is 0 Å². The van der Waals surface area contributed by atoms with E-state index in [2.05, 4.69) is 5.32 Å². The Morgan fingerprint density at radius 2 is 2.05 bits per heavy atom. The van der Waals surface area contributed by atoms with Gasteiger partial charge in [-0.3, -0.25) is 4.79 Å². The molecule has 1 aromatic rings. The maximum absolute atomic E-state index is 12.2. The van der Waals surface area contributed by atoms with Crippen molar-refractivity contribution in [3.05, 3.63) is 29.8 Å². The van der Waals surface area contributed by atoms with Gasteiger partial charge in [-0.15, -0.1) is 0 Å². The van der Waals surface area contributed by atoms with Gasteiger partial charge in [-0.05, 0) is 31.0 Å². The Labute approximate surface area is 124 Å². The fourth-order valence-electron chi connectivity index (χ4n) is 2.36. The van der Waals surface area contributed by atoms with E-state index in [1.165, 1.54) is 10.6 Å². The number of rotatable bonds is 3. The summed E-state index contributed by atoms with van der Waals surface area (Å²) in [5, 5.41) is 11.6. The number of sulfonamides is 1. The zero-order chi connectivity index (χ0) is 15.5. The molecule has 1 aromatic carbocycles. The van der Waals surface area contributed by atoms with Crippen molar-refractivity contribution in [1.29, 1.82) is 5.26 Å². The molecule has 7 heteroatoms. The summed E-state index contributed by atoms with van der Waals surface area (Å²) < 4.78 is 24.2. The van der Waals surface area contributed by atoms with E-state index < -0.39 is 10.0 Å². The van der Waals surface area contributed by atoms with Gasteiger partial charge in [0.2, 0.25) is 15.9 Å². The standard InChI is InChI=1S/C14H17N3O3S/c1-21(19,20)17-7-5-12(6-8-17)14(18)16-13-4-2-3-11(9-13)10-15/h2-4,9,12H,5-8H2,1H3,(H,16,18). The van der Waals surface area contributed by atoms with Crippen molar-refractivity contribution < 1.29 is 13.2 Å². The van der Waals surface area contributed by atoms with E-state index in [0.717, 1.165) is 0 Å². The first-order chi connectivity index (χ1) is 9.90. The zero-order valence-corrected chi connectivity index (χ0v) is 12.6. The number of nitrogens with one attached hydrogen (secondary N) is 1. The quantitative estimate of drug-likeness (QED) is 0.907. The monoisotopic (exact) mass is 307 g/mol. The summed E-state index contributed by atoms with van der Waals surface area (Å²) in [5.41, 5.74) is 1.07. The Morgan fingerprint density at radius 3 is 2.62 bits per heavy atom. The molecule has 0 atom stereocenters. The third-order valence-corrected chi connectivity index (χ3v) is 4.86. The average Bonchev–Trinajstić information content (AvgIpc) is 2.46. The number of nitriles is 1. The molecule has 1 aliphatic heterocycles. The highest BCUT2D eigenvalue weighted by molar-refractivity contribution is 7.88. The van der Waals surface area contributed by atoms with Crippen molar-refractivity contribution in [3.63, 3.8) is 0 Å². The Morgan fingerprint density at radius 1 is 1.38 bits per heavy atom. The van der Waals surface area contributed by atoms with Gasteiger partial charge in [0.1, 0.15) is 0 Å². The van der Waals surface area contributed by atoms with Gasteiger partial charge in [0.15, 0.2) is 0 Å². The van der Waals surface area contributed by atoms with E-state index >= 15 is 0 Å². The molecule has 112 valence electrons. The largest absolute Gasteiger partial charge is 0.326 e. The molecule has 1 fully saturated rings. The van der Waals surface area contributed by atoms with Crippen LogP contribution in [0.5, 0.6) is 0 Å². The molecule has 6 nitrogen and oxygen atoms in total. The van der Waals surface area contributed by atoms with Gasteiger partial charge in [0.05, 0.1) is 17.9 Å². The SMILES string of the molecule is CS(=O)(=O)N1CCC(C(=O)Nc2cccc(C#N)c2)CC1. The van der Waals surface area contributed by atoms with Crippen molar-refractivity contribution in [2.45, 2.75) is 12.8 Å². The maximum Gasteiger partial charge on any atom is 0.227 e. The first kappa shape index (κ1) is 15.5. The molecule has 0 unspecified atom stereocenters. The minimum Gasteiger partial charge on any atom is -0.326 e. The third kappa shape index (κ3) is 4.03. The normalized spacial score (nSPS) is 17.1. The second kappa shape index (κ2) is 6.24. The topological polar surface area (TPSA) is 90.3 Å². The van der Waals surface area contributed by atoms with Crippen LogP contribution in [0.1, 0.15) is 18.4 Å². The zero-order valence-electron chi connectivity index (χ0n) is 11.7. The Balaban J connectivity index is 1.95. The number of anilines is 1. The number of nitrogens with zero attached hydrogens (tertiary/aromatic N) is 2. The van der Waals surface area contributed by atoms with Crippen LogP contribution in [0.25, 0.3) is 0 Å². The highest BCUT2D eigenvalue weighted by Gasteiger charge is 2.28. The summed E-state index contributed by atoms with van der Waals surface area (Å²) in [6, 6.07) is 8.73. The van der Waals surface area contributed by atoms with E-state index in [1.807, 2.05) is 6.07 Å². The minimum absolute atomic E-state index is 0.127. The maximum atomic E-state index is 12.2. The fourth-order valence-corrected chi connectivity index (χ4v) is 3.23. The van der Waals surface area contributed by atoms with Crippen molar-refractivity contribution in [2.24, 2.45) is 5.92 Å². The van der Waals surface area contributed by atoms with Crippen LogP contribution in [0.2, 0.25) is 0 Å². The van der Waals surface area contributed by atoms with Crippen LogP contribution in [-0.4, -0.2) is 38.0 Å². The lowest BCUT2D eigenvalue weighted by atomic mass is 9.97. The van der Waals surface area contributed by atoms with Crippen molar-refractivity contribution in [1.82, 2.24) is 4.31 Å². The summed E-state index contributed by atoms with van der Waals surface area (Å²) in [6.45, 7) is 0.740. The molecule has 2 rings (SSSR count). The van der Waals surface area contributed by atoms with Crippen LogP contribution in [0.15, 0.2) is 24.3 Å². The van der Waals surface area contributed by atoms with E-state index in [0.29, 0.717) is 37.2 Å². The molecule has 1 amide bonds.